The normalized spacial score (nSPS) is 32.4. The first-order chi connectivity index (χ1) is 14.3. The zero-order valence-corrected chi connectivity index (χ0v) is 19.2. The summed E-state index contributed by atoms with van der Waals surface area (Å²) in [6.45, 7) is -6.71. The highest BCUT2D eigenvalue weighted by atomic mass is 32.5. The van der Waals surface area contributed by atoms with Crippen LogP contribution in [0.15, 0.2) is 21.9 Å². The molecule has 184 valence electrons. The molecule has 1 fully saturated rings. The minimum atomic E-state index is -5.63. The highest BCUT2D eigenvalue weighted by Gasteiger charge is 2.64. The van der Waals surface area contributed by atoms with Gasteiger partial charge >= 0.3 is 28.1 Å². The van der Waals surface area contributed by atoms with E-state index in [9.17, 15) is 43.1 Å². The van der Waals surface area contributed by atoms with Gasteiger partial charge in [-0.05, 0) is 18.7 Å². The first-order valence-electron chi connectivity index (χ1n) is 8.09. The molecule has 0 aliphatic carbocycles. The van der Waals surface area contributed by atoms with Gasteiger partial charge in [-0.15, -0.1) is 0 Å². The van der Waals surface area contributed by atoms with Crippen LogP contribution < -0.4 is 11.2 Å². The third kappa shape index (κ3) is 6.05. The Morgan fingerprint density at radius 2 is 1.84 bits per heavy atom. The zero-order valence-electron chi connectivity index (χ0n) is 15.7. The van der Waals surface area contributed by atoms with Crippen LogP contribution in [0.3, 0.4) is 0 Å². The van der Waals surface area contributed by atoms with Gasteiger partial charge in [-0.3, -0.25) is 14.3 Å². The van der Waals surface area contributed by atoms with Crippen LogP contribution in [0.1, 0.15) is 13.2 Å². The third-order valence-electron chi connectivity index (χ3n) is 4.30. The van der Waals surface area contributed by atoms with Crippen LogP contribution in [0, 0.1) is 0 Å². The fraction of sp³-hybridized carbons (Fsp3) is 0.636. The van der Waals surface area contributed by atoms with Crippen molar-refractivity contribution < 1.29 is 61.2 Å². The van der Waals surface area contributed by atoms with Crippen LogP contribution in [0.5, 0.6) is 0 Å². The second-order valence-electron chi connectivity index (χ2n) is 6.59. The molecular weight excluding hydrogens is 528 g/mol. The minimum absolute atomic E-state index is 0.628. The van der Waals surface area contributed by atoms with E-state index in [1.54, 1.807) is 0 Å². The molecule has 21 heteroatoms. The summed E-state index contributed by atoms with van der Waals surface area (Å²) in [6.07, 6.45) is -2.78. The Kier molecular flexibility index (Phi) is 7.90. The van der Waals surface area contributed by atoms with Gasteiger partial charge in [0.1, 0.15) is 18.4 Å². The van der Waals surface area contributed by atoms with Crippen LogP contribution >= 0.6 is 22.4 Å². The van der Waals surface area contributed by atoms with Gasteiger partial charge in [0.05, 0.1) is 6.61 Å². The SMILES string of the molecule is C[C@]1(O)[C@H](n2ccc(=O)[nH]c2=O)O[C@H](COP(O)(=S)OP(=O)(O)OP(=O)(O)O)[C@]1(O)CF. The molecule has 32 heavy (non-hydrogen) atoms. The summed E-state index contributed by atoms with van der Waals surface area (Å²) in [5.74, 6) is 0. The average Bonchev–Trinajstić information content (AvgIpc) is 2.77. The number of aromatic amines is 1. The van der Waals surface area contributed by atoms with Crippen LogP contribution in [-0.2, 0) is 38.8 Å². The monoisotopic (exact) mass is 546 g/mol. The van der Waals surface area contributed by atoms with Crippen LogP contribution in [0.4, 0.5) is 4.39 Å². The smallest absolute Gasteiger partial charge is 0.382 e. The van der Waals surface area contributed by atoms with Crippen LogP contribution in [-0.4, -0.2) is 69.9 Å². The lowest BCUT2D eigenvalue weighted by Crippen LogP contribution is -2.59. The molecule has 6 atom stereocenters. The van der Waals surface area contributed by atoms with Gasteiger partial charge in [-0.1, -0.05) is 0 Å². The molecule has 1 aromatic heterocycles. The van der Waals surface area contributed by atoms with Crippen molar-refractivity contribution in [1.29, 1.82) is 0 Å². The lowest BCUT2D eigenvalue weighted by molar-refractivity contribution is -0.153. The highest BCUT2D eigenvalue weighted by molar-refractivity contribution is 8.08. The molecule has 1 aliphatic rings. The van der Waals surface area contributed by atoms with E-state index in [1.165, 1.54) is 0 Å². The highest BCUT2D eigenvalue weighted by Crippen LogP contribution is 2.66. The van der Waals surface area contributed by atoms with E-state index in [-0.39, 0.29) is 0 Å². The number of nitrogens with one attached hydrogen (secondary N) is 1. The molecule has 0 amide bonds. The van der Waals surface area contributed by atoms with E-state index in [0.717, 1.165) is 19.2 Å². The van der Waals surface area contributed by atoms with Gasteiger partial charge < -0.3 is 39.0 Å². The molecular formula is C11H18FN2O14P3S. The van der Waals surface area contributed by atoms with Crippen molar-refractivity contribution in [1.82, 2.24) is 9.55 Å². The summed E-state index contributed by atoms with van der Waals surface area (Å²) < 4.78 is 54.0. The minimum Gasteiger partial charge on any atom is -0.382 e. The third-order valence-corrected chi connectivity index (χ3v) is 9.01. The van der Waals surface area contributed by atoms with Crippen molar-refractivity contribution in [3.8, 4) is 0 Å². The number of halogens is 1. The molecule has 0 spiro atoms. The van der Waals surface area contributed by atoms with Crippen LogP contribution in [0.2, 0.25) is 0 Å². The number of phosphoric acid groups is 2. The predicted molar refractivity (Wildman–Crippen MR) is 103 cm³/mol. The molecule has 0 radical (unpaired) electrons. The Balaban J connectivity index is 2.26. The number of ether oxygens (including phenoxy) is 1. The molecule has 16 nitrogen and oxygen atoms in total. The Labute approximate surface area is 182 Å². The summed E-state index contributed by atoms with van der Waals surface area (Å²) in [5, 5.41) is 21.4. The Morgan fingerprint density at radius 3 is 2.34 bits per heavy atom. The number of nitrogens with zero attached hydrogens (tertiary/aromatic N) is 1. The van der Waals surface area contributed by atoms with Crippen molar-refractivity contribution in [3.63, 3.8) is 0 Å². The molecule has 1 saturated heterocycles. The second-order valence-corrected chi connectivity index (χ2v) is 12.4. The summed E-state index contributed by atoms with van der Waals surface area (Å²) in [6, 6.07) is 0.875. The number of alkyl halides is 1. The largest absolute Gasteiger partial charge is 0.488 e. The number of aromatic nitrogens is 2. The fourth-order valence-electron chi connectivity index (χ4n) is 2.75. The summed E-state index contributed by atoms with van der Waals surface area (Å²) in [4.78, 5) is 61.3. The number of rotatable bonds is 9. The maximum Gasteiger partial charge on any atom is 0.488 e. The molecule has 0 saturated carbocycles. The first kappa shape index (κ1) is 27.6. The van der Waals surface area contributed by atoms with E-state index in [1.807, 2.05) is 4.98 Å². The molecule has 0 aromatic carbocycles. The maximum absolute atomic E-state index is 13.8. The number of hydrogen-bond donors (Lipinski definition) is 7. The molecule has 7 N–H and O–H groups in total. The number of hydrogen-bond acceptors (Lipinski definition) is 11. The van der Waals surface area contributed by atoms with Gasteiger partial charge in [0.2, 0.25) is 0 Å². The van der Waals surface area contributed by atoms with Gasteiger partial charge in [0.15, 0.2) is 11.8 Å². The molecule has 2 unspecified atom stereocenters. The topological polar surface area (TPSA) is 247 Å². The number of aliphatic hydroxyl groups is 2. The van der Waals surface area contributed by atoms with E-state index >= 15 is 0 Å². The lowest BCUT2D eigenvalue weighted by Gasteiger charge is -2.36. The molecule has 1 aliphatic heterocycles. The standard InChI is InChI=1S/C11H18FN2O14P3S/c1-10(17)8(14-3-2-7(15)13-9(14)16)26-6(11(10,18)5-12)4-25-31(24,32)28-30(22,23)27-29(19,20)21/h2-3,6,8,17-18H,4-5H2,1H3,(H,22,23)(H,24,32)(H,13,15,16)(H2,19,20,21)/t6-,8-,10+,11-,31?/m1/s1. The first-order valence-corrected chi connectivity index (χ1v) is 13.7. The summed E-state index contributed by atoms with van der Waals surface area (Å²) >= 11 is 4.41. The maximum atomic E-state index is 13.8. The van der Waals surface area contributed by atoms with Crippen molar-refractivity contribution in [3.05, 3.63) is 33.1 Å². The van der Waals surface area contributed by atoms with Crippen LogP contribution in [0.25, 0.3) is 0 Å². The summed E-state index contributed by atoms with van der Waals surface area (Å²) in [7, 11) is -11.2. The second kappa shape index (κ2) is 9.17. The Bertz CT molecular complexity index is 1120. The zero-order chi connectivity index (χ0) is 24.8. The van der Waals surface area contributed by atoms with Crippen molar-refractivity contribution >= 4 is 34.2 Å². The fourth-order valence-corrected chi connectivity index (χ4v) is 6.71. The van der Waals surface area contributed by atoms with Gasteiger partial charge in [-0.25, -0.2) is 22.6 Å². The average molecular weight is 546 g/mol. The Hall–Kier alpha value is -0.680. The van der Waals surface area contributed by atoms with Gasteiger partial charge in [0.25, 0.3) is 5.56 Å². The van der Waals surface area contributed by atoms with E-state index < -0.39 is 70.4 Å². The summed E-state index contributed by atoms with van der Waals surface area (Å²) in [5.41, 5.74) is -7.22. The predicted octanol–water partition coefficient (Wildman–Crippen LogP) is -1.65. The number of H-pyrrole nitrogens is 1. The molecule has 2 heterocycles. The Morgan fingerprint density at radius 1 is 1.25 bits per heavy atom. The van der Waals surface area contributed by atoms with Crippen molar-refractivity contribution in [2.45, 2.75) is 30.5 Å². The van der Waals surface area contributed by atoms with Gasteiger partial charge in [0, 0.05) is 12.3 Å². The van der Waals surface area contributed by atoms with Gasteiger partial charge in [-0.2, -0.15) is 4.31 Å². The molecule has 0 bridgehead atoms. The quantitative estimate of drug-likeness (QED) is 0.171. The van der Waals surface area contributed by atoms with Crippen molar-refractivity contribution in [2.75, 3.05) is 13.3 Å². The lowest BCUT2D eigenvalue weighted by atomic mass is 9.82. The molecule has 2 rings (SSSR count). The van der Waals surface area contributed by atoms with E-state index in [4.69, 9.17) is 14.5 Å². The van der Waals surface area contributed by atoms with E-state index in [0.29, 0.717) is 4.57 Å². The van der Waals surface area contributed by atoms with E-state index in [2.05, 4.69) is 25.0 Å². The molecule has 1 aromatic rings. The van der Waals surface area contributed by atoms with Crippen molar-refractivity contribution in [2.24, 2.45) is 0 Å².